The van der Waals surface area contributed by atoms with Crippen molar-refractivity contribution in [3.8, 4) is 0 Å². The fourth-order valence-corrected chi connectivity index (χ4v) is 4.76. The first kappa shape index (κ1) is 14.0. The minimum Gasteiger partial charge on any atom is -0.368 e. The summed E-state index contributed by atoms with van der Waals surface area (Å²) in [6, 6.07) is 5.45. The second-order valence-electron chi connectivity index (χ2n) is 5.13. The van der Waals surface area contributed by atoms with Crippen LogP contribution in [0.25, 0.3) is 0 Å². The Morgan fingerprint density at radius 2 is 2.05 bits per heavy atom. The summed E-state index contributed by atoms with van der Waals surface area (Å²) in [5, 5.41) is 0. The molecule has 2 heterocycles. The quantitative estimate of drug-likeness (QED) is 0.808. The van der Waals surface area contributed by atoms with Crippen molar-refractivity contribution in [2.24, 2.45) is 5.73 Å². The maximum atomic E-state index is 12.7. The molecule has 21 heavy (non-hydrogen) atoms. The number of para-hydroxylation sites is 1. The maximum absolute atomic E-state index is 12.7. The van der Waals surface area contributed by atoms with E-state index in [4.69, 9.17) is 5.73 Å². The van der Waals surface area contributed by atoms with E-state index in [0.29, 0.717) is 19.4 Å². The van der Waals surface area contributed by atoms with Crippen molar-refractivity contribution in [1.29, 1.82) is 0 Å². The zero-order chi connectivity index (χ0) is 15.2. The predicted octanol–water partition coefficient (Wildman–Crippen LogP) is -0.328. The Morgan fingerprint density at radius 3 is 2.76 bits per heavy atom. The molecule has 2 aliphatic rings. The van der Waals surface area contributed by atoms with Crippen LogP contribution in [0.1, 0.15) is 12.8 Å². The van der Waals surface area contributed by atoms with E-state index in [1.807, 2.05) is 0 Å². The Kier molecular flexibility index (Phi) is 3.22. The summed E-state index contributed by atoms with van der Waals surface area (Å²) < 4.78 is 26.7. The molecular weight excluding hydrogens is 294 g/mol. The monoisotopic (exact) mass is 309 g/mol. The first-order valence-electron chi connectivity index (χ1n) is 6.63. The molecule has 0 aliphatic carbocycles. The topological polar surface area (TPSA) is 101 Å². The molecule has 1 saturated heterocycles. The Bertz CT molecular complexity index is 716. The van der Waals surface area contributed by atoms with Crippen LogP contribution >= 0.6 is 0 Å². The SMILES string of the molecule is NC(=O)CN1C(=O)[C@@H]2CCCN2S(=O)(=O)c2ccccc21. The molecule has 2 amide bonds. The average Bonchev–Trinajstić information content (AvgIpc) is 2.92. The highest BCUT2D eigenvalue weighted by Gasteiger charge is 2.46. The molecule has 1 atom stereocenters. The number of benzene rings is 1. The average molecular weight is 309 g/mol. The summed E-state index contributed by atoms with van der Waals surface area (Å²) in [5.41, 5.74) is 5.42. The van der Waals surface area contributed by atoms with Crippen LogP contribution in [0.5, 0.6) is 0 Å². The molecule has 1 aromatic rings. The van der Waals surface area contributed by atoms with E-state index >= 15 is 0 Å². The van der Waals surface area contributed by atoms with Gasteiger partial charge in [-0.2, -0.15) is 4.31 Å². The van der Waals surface area contributed by atoms with Gasteiger partial charge in [0.25, 0.3) is 0 Å². The molecule has 0 bridgehead atoms. The smallest absolute Gasteiger partial charge is 0.245 e. The molecule has 0 aromatic heterocycles. The van der Waals surface area contributed by atoms with Gasteiger partial charge in [-0.25, -0.2) is 8.42 Å². The molecule has 7 nitrogen and oxygen atoms in total. The van der Waals surface area contributed by atoms with E-state index in [1.165, 1.54) is 21.3 Å². The van der Waals surface area contributed by atoms with Crippen LogP contribution in [0, 0.1) is 0 Å². The number of anilines is 1. The van der Waals surface area contributed by atoms with E-state index in [1.54, 1.807) is 12.1 Å². The van der Waals surface area contributed by atoms with Gasteiger partial charge >= 0.3 is 0 Å². The number of hydrogen-bond donors (Lipinski definition) is 1. The van der Waals surface area contributed by atoms with Gasteiger partial charge in [-0.3, -0.25) is 9.59 Å². The number of amides is 2. The fraction of sp³-hybridized carbons (Fsp3) is 0.385. The highest BCUT2D eigenvalue weighted by atomic mass is 32.2. The molecule has 8 heteroatoms. The summed E-state index contributed by atoms with van der Waals surface area (Å²) in [4.78, 5) is 25.1. The molecule has 112 valence electrons. The van der Waals surface area contributed by atoms with Crippen LogP contribution < -0.4 is 10.6 Å². The lowest BCUT2D eigenvalue weighted by atomic mass is 10.2. The first-order chi connectivity index (χ1) is 9.93. The van der Waals surface area contributed by atoms with Crippen LogP contribution in [0.3, 0.4) is 0 Å². The molecule has 3 rings (SSSR count). The molecule has 0 unspecified atom stereocenters. The lowest BCUT2D eigenvalue weighted by Gasteiger charge is -2.23. The number of sulfonamides is 1. The number of rotatable bonds is 2. The van der Waals surface area contributed by atoms with E-state index in [-0.39, 0.29) is 23.0 Å². The van der Waals surface area contributed by atoms with Gasteiger partial charge in [0.1, 0.15) is 17.5 Å². The number of nitrogens with two attached hydrogens (primary N) is 1. The largest absolute Gasteiger partial charge is 0.368 e. The number of carbonyl (C=O) groups is 2. The van der Waals surface area contributed by atoms with Crippen LogP contribution in [0.4, 0.5) is 5.69 Å². The van der Waals surface area contributed by atoms with Crippen LogP contribution in [-0.4, -0.2) is 43.7 Å². The zero-order valence-corrected chi connectivity index (χ0v) is 12.0. The van der Waals surface area contributed by atoms with Gasteiger partial charge in [0, 0.05) is 6.54 Å². The zero-order valence-electron chi connectivity index (χ0n) is 11.2. The Labute approximate surface area is 122 Å². The Morgan fingerprint density at radius 1 is 1.33 bits per heavy atom. The van der Waals surface area contributed by atoms with Crippen molar-refractivity contribution in [2.45, 2.75) is 23.8 Å². The standard InChI is InChI=1S/C13H15N3O4S/c14-12(17)8-15-9-4-1-2-6-11(9)21(19,20)16-7-3-5-10(16)13(15)18/h1-2,4,6,10H,3,5,7-8H2,(H2,14,17)/t10-/m0/s1. The third kappa shape index (κ3) is 2.11. The normalized spacial score (nSPS) is 24.3. The molecule has 2 aliphatic heterocycles. The van der Waals surface area contributed by atoms with Crippen LogP contribution in [0.2, 0.25) is 0 Å². The Hall–Kier alpha value is -1.93. The van der Waals surface area contributed by atoms with E-state index in [9.17, 15) is 18.0 Å². The van der Waals surface area contributed by atoms with Crippen molar-refractivity contribution in [2.75, 3.05) is 18.0 Å². The number of hydrogen-bond acceptors (Lipinski definition) is 4. The molecule has 2 N–H and O–H groups in total. The van der Waals surface area contributed by atoms with Crippen molar-refractivity contribution in [3.05, 3.63) is 24.3 Å². The first-order valence-corrected chi connectivity index (χ1v) is 8.07. The van der Waals surface area contributed by atoms with E-state index in [0.717, 1.165) is 0 Å². The summed E-state index contributed by atoms with van der Waals surface area (Å²) in [6.45, 7) is -0.00675. The highest BCUT2D eigenvalue weighted by molar-refractivity contribution is 7.89. The van der Waals surface area contributed by atoms with Crippen LogP contribution in [-0.2, 0) is 19.6 Å². The van der Waals surface area contributed by atoms with Gasteiger partial charge in [-0.1, -0.05) is 12.1 Å². The molecule has 1 fully saturated rings. The number of primary amides is 1. The van der Waals surface area contributed by atoms with Crippen molar-refractivity contribution in [1.82, 2.24) is 4.31 Å². The van der Waals surface area contributed by atoms with Crippen molar-refractivity contribution < 1.29 is 18.0 Å². The van der Waals surface area contributed by atoms with E-state index < -0.39 is 22.0 Å². The molecule has 0 saturated carbocycles. The van der Waals surface area contributed by atoms with Gasteiger partial charge < -0.3 is 10.6 Å². The molecular formula is C13H15N3O4S. The van der Waals surface area contributed by atoms with Crippen molar-refractivity contribution in [3.63, 3.8) is 0 Å². The highest BCUT2D eigenvalue weighted by Crippen LogP contribution is 2.36. The van der Waals surface area contributed by atoms with Crippen molar-refractivity contribution >= 4 is 27.5 Å². The minimum atomic E-state index is -3.74. The maximum Gasteiger partial charge on any atom is 0.245 e. The predicted molar refractivity (Wildman–Crippen MR) is 74.9 cm³/mol. The lowest BCUT2D eigenvalue weighted by Crippen LogP contribution is -2.47. The number of nitrogens with zero attached hydrogens (tertiary/aromatic N) is 2. The molecule has 1 aromatic carbocycles. The lowest BCUT2D eigenvalue weighted by molar-refractivity contribution is -0.124. The third-order valence-electron chi connectivity index (χ3n) is 3.81. The summed E-state index contributed by atoms with van der Waals surface area (Å²) in [6.07, 6.45) is 1.09. The van der Waals surface area contributed by atoms with Crippen LogP contribution in [0.15, 0.2) is 29.2 Å². The third-order valence-corrected chi connectivity index (χ3v) is 5.77. The molecule has 0 spiro atoms. The summed E-state index contributed by atoms with van der Waals surface area (Å²) >= 11 is 0. The minimum absolute atomic E-state index is 0.0454. The van der Waals surface area contributed by atoms with Gasteiger partial charge in [-0.05, 0) is 25.0 Å². The number of carbonyl (C=O) groups excluding carboxylic acids is 2. The summed E-state index contributed by atoms with van der Waals surface area (Å²) in [5.74, 6) is -1.07. The second kappa shape index (κ2) is 4.81. The van der Waals surface area contributed by atoms with Gasteiger partial charge in [-0.15, -0.1) is 0 Å². The Balaban J connectivity index is 2.23. The fourth-order valence-electron chi connectivity index (χ4n) is 2.92. The van der Waals surface area contributed by atoms with Gasteiger partial charge in [0.05, 0.1) is 5.69 Å². The van der Waals surface area contributed by atoms with Gasteiger partial charge in [0.2, 0.25) is 21.8 Å². The van der Waals surface area contributed by atoms with E-state index in [2.05, 4.69) is 0 Å². The summed E-state index contributed by atoms with van der Waals surface area (Å²) in [7, 11) is -3.74. The molecule has 0 radical (unpaired) electrons. The van der Waals surface area contributed by atoms with Gasteiger partial charge in [0.15, 0.2) is 0 Å². The number of fused-ring (bicyclic) bond motifs is 2. The second-order valence-corrected chi connectivity index (χ2v) is 6.99.